The van der Waals surface area contributed by atoms with Crippen LogP contribution in [0.25, 0.3) is 0 Å². The molecule has 0 unspecified atom stereocenters. The Morgan fingerprint density at radius 1 is 0.933 bits per heavy atom. The second-order valence-electron chi connectivity index (χ2n) is 5.59. The van der Waals surface area contributed by atoms with E-state index >= 15 is 0 Å². The van der Waals surface area contributed by atoms with Crippen LogP contribution >= 0.6 is 0 Å². The van der Waals surface area contributed by atoms with Crippen LogP contribution in [0.4, 0.5) is 0 Å². The third-order valence-corrected chi connectivity index (χ3v) is 4.75. The summed E-state index contributed by atoms with van der Waals surface area (Å²) in [5, 5.41) is 0. The molecule has 2 bridgehead atoms. The normalized spacial score (nSPS) is 42.8. The first-order valence-electron chi connectivity index (χ1n) is 6.75. The highest BCUT2D eigenvalue weighted by atomic mass is 16.5. The Balaban J connectivity index is 1.64. The van der Waals surface area contributed by atoms with Crippen LogP contribution in [0.2, 0.25) is 0 Å². The highest BCUT2D eigenvalue weighted by Gasteiger charge is 2.36. The van der Waals surface area contributed by atoms with E-state index in [9.17, 15) is 0 Å². The van der Waals surface area contributed by atoms with Gasteiger partial charge in [-0.3, -0.25) is 4.90 Å². The third kappa shape index (κ3) is 2.07. The number of hydrogen-bond donors (Lipinski definition) is 0. The van der Waals surface area contributed by atoms with Crippen molar-refractivity contribution in [1.82, 2.24) is 4.90 Å². The quantitative estimate of drug-likeness (QED) is 0.657. The molecule has 3 fully saturated rings. The van der Waals surface area contributed by atoms with Gasteiger partial charge < -0.3 is 4.74 Å². The summed E-state index contributed by atoms with van der Waals surface area (Å²) in [5.74, 6) is 2.11. The van der Waals surface area contributed by atoms with Gasteiger partial charge in [-0.05, 0) is 37.5 Å². The highest BCUT2D eigenvalue weighted by molar-refractivity contribution is 4.90. The van der Waals surface area contributed by atoms with Gasteiger partial charge in [0.05, 0.1) is 13.2 Å². The van der Waals surface area contributed by atoms with Crippen LogP contribution in [-0.4, -0.2) is 37.2 Å². The van der Waals surface area contributed by atoms with Gasteiger partial charge in [0, 0.05) is 19.1 Å². The molecular weight excluding hydrogens is 186 g/mol. The Labute approximate surface area is 93.0 Å². The molecule has 86 valence electrons. The second kappa shape index (κ2) is 4.42. The van der Waals surface area contributed by atoms with Crippen molar-refractivity contribution in [2.45, 2.75) is 44.6 Å². The Morgan fingerprint density at radius 3 is 2.67 bits per heavy atom. The summed E-state index contributed by atoms with van der Waals surface area (Å²) in [6.45, 7) is 4.30. The molecule has 0 aromatic heterocycles. The lowest BCUT2D eigenvalue weighted by atomic mass is 9.69. The summed E-state index contributed by atoms with van der Waals surface area (Å²) in [6, 6.07) is 0.908. The van der Waals surface area contributed by atoms with Gasteiger partial charge in [0.15, 0.2) is 0 Å². The van der Waals surface area contributed by atoms with Gasteiger partial charge in [-0.1, -0.05) is 12.8 Å². The number of fused-ring (bicyclic) bond motifs is 2. The van der Waals surface area contributed by atoms with Crippen molar-refractivity contribution < 1.29 is 4.74 Å². The van der Waals surface area contributed by atoms with E-state index < -0.39 is 0 Å². The van der Waals surface area contributed by atoms with Crippen molar-refractivity contribution in [2.24, 2.45) is 11.8 Å². The van der Waals surface area contributed by atoms with Gasteiger partial charge in [0.25, 0.3) is 0 Å². The van der Waals surface area contributed by atoms with Gasteiger partial charge in [-0.2, -0.15) is 0 Å². The Morgan fingerprint density at radius 2 is 1.80 bits per heavy atom. The van der Waals surface area contributed by atoms with Gasteiger partial charge in [-0.15, -0.1) is 0 Å². The van der Waals surface area contributed by atoms with E-state index in [4.69, 9.17) is 4.74 Å². The van der Waals surface area contributed by atoms with E-state index in [1.165, 1.54) is 51.6 Å². The van der Waals surface area contributed by atoms with Crippen LogP contribution in [0, 0.1) is 11.8 Å². The smallest absolute Gasteiger partial charge is 0.0594 e. The van der Waals surface area contributed by atoms with Crippen molar-refractivity contribution in [3.63, 3.8) is 0 Å². The van der Waals surface area contributed by atoms with Crippen molar-refractivity contribution in [3.8, 4) is 0 Å². The van der Waals surface area contributed by atoms with Crippen LogP contribution in [-0.2, 0) is 4.74 Å². The van der Waals surface area contributed by atoms with E-state index in [-0.39, 0.29) is 0 Å². The Kier molecular flexibility index (Phi) is 2.98. The molecule has 0 aromatic rings. The lowest BCUT2D eigenvalue weighted by Crippen LogP contribution is -2.49. The average Bonchev–Trinajstić information content (AvgIpc) is 2.31. The number of ether oxygens (including phenoxy) is 1. The molecule has 2 nitrogen and oxygen atoms in total. The molecule has 2 saturated carbocycles. The molecule has 0 radical (unpaired) electrons. The summed E-state index contributed by atoms with van der Waals surface area (Å²) < 4.78 is 5.45. The first-order valence-corrected chi connectivity index (χ1v) is 6.75. The second-order valence-corrected chi connectivity index (χ2v) is 5.59. The fourth-order valence-corrected chi connectivity index (χ4v) is 3.98. The number of rotatable bonds is 1. The lowest BCUT2D eigenvalue weighted by Gasteiger charge is -2.46. The minimum Gasteiger partial charge on any atom is -0.379 e. The predicted octanol–water partition coefficient (Wildman–Crippen LogP) is 2.29. The summed E-state index contributed by atoms with van der Waals surface area (Å²) in [5.41, 5.74) is 0. The maximum absolute atomic E-state index is 5.45. The first kappa shape index (κ1) is 10.1. The molecule has 0 N–H and O–H groups in total. The molecule has 1 heterocycles. The number of hydrogen-bond acceptors (Lipinski definition) is 2. The van der Waals surface area contributed by atoms with Crippen LogP contribution in [0.3, 0.4) is 0 Å². The topological polar surface area (TPSA) is 12.5 Å². The van der Waals surface area contributed by atoms with E-state index in [1.807, 2.05) is 0 Å². The fraction of sp³-hybridized carbons (Fsp3) is 1.00. The largest absolute Gasteiger partial charge is 0.379 e. The molecule has 15 heavy (non-hydrogen) atoms. The molecule has 1 aliphatic heterocycles. The maximum Gasteiger partial charge on any atom is 0.0594 e. The standard InChI is InChI=1S/C13H23NO/c1-2-11-4-5-13(12(3-1)10-11)14-6-8-15-9-7-14/h11-13H,1-10H2/t11-,12-,13-/m0/s1. The minimum absolute atomic E-state index is 0.908. The van der Waals surface area contributed by atoms with Crippen molar-refractivity contribution in [1.29, 1.82) is 0 Å². The molecule has 0 amide bonds. The van der Waals surface area contributed by atoms with Crippen LogP contribution in [0.15, 0.2) is 0 Å². The van der Waals surface area contributed by atoms with Crippen LogP contribution < -0.4 is 0 Å². The lowest BCUT2D eigenvalue weighted by molar-refractivity contribution is -0.0221. The Bertz CT molecular complexity index is 208. The molecule has 3 rings (SSSR count). The first-order chi connectivity index (χ1) is 7.43. The minimum atomic E-state index is 0.908. The SMILES string of the molecule is C1C[C@H]2CC[C@H](N3CCOCC3)[C@@H](C1)C2. The summed E-state index contributed by atoms with van der Waals surface area (Å²) in [6.07, 6.45) is 9.01. The van der Waals surface area contributed by atoms with Crippen molar-refractivity contribution in [2.75, 3.05) is 26.3 Å². The number of nitrogens with zero attached hydrogens (tertiary/aromatic N) is 1. The molecular formula is C13H23NO. The average molecular weight is 209 g/mol. The zero-order chi connectivity index (χ0) is 10.1. The number of morpholine rings is 1. The summed E-state index contributed by atoms with van der Waals surface area (Å²) in [7, 11) is 0. The van der Waals surface area contributed by atoms with Crippen LogP contribution in [0.1, 0.15) is 38.5 Å². The van der Waals surface area contributed by atoms with Crippen molar-refractivity contribution >= 4 is 0 Å². The molecule has 3 atom stereocenters. The van der Waals surface area contributed by atoms with Gasteiger partial charge in [-0.25, -0.2) is 0 Å². The van der Waals surface area contributed by atoms with Crippen LogP contribution in [0.5, 0.6) is 0 Å². The zero-order valence-corrected chi connectivity index (χ0v) is 9.66. The molecule has 0 spiro atoms. The predicted molar refractivity (Wildman–Crippen MR) is 60.9 cm³/mol. The Hall–Kier alpha value is -0.0800. The molecule has 0 aromatic carbocycles. The molecule has 3 aliphatic rings. The highest BCUT2D eigenvalue weighted by Crippen LogP contribution is 2.41. The zero-order valence-electron chi connectivity index (χ0n) is 9.66. The summed E-state index contributed by atoms with van der Waals surface area (Å²) >= 11 is 0. The third-order valence-electron chi connectivity index (χ3n) is 4.75. The monoisotopic (exact) mass is 209 g/mol. The van der Waals surface area contributed by atoms with E-state index in [1.54, 1.807) is 0 Å². The van der Waals surface area contributed by atoms with E-state index in [0.29, 0.717) is 0 Å². The van der Waals surface area contributed by atoms with E-state index in [0.717, 1.165) is 31.1 Å². The molecule has 1 saturated heterocycles. The molecule has 2 aliphatic carbocycles. The van der Waals surface area contributed by atoms with Gasteiger partial charge in [0.1, 0.15) is 0 Å². The van der Waals surface area contributed by atoms with Gasteiger partial charge in [0.2, 0.25) is 0 Å². The van der Waals surface area contributed by atoms with Gasteiger partial charge >= 0.3 is 0 Å². The maximum atomic E-state index is 5.45. The summed E-state index contributed by atoms with van der Waals surface area (Å²) in [4.78, 5) is 2.72. The van der Waals surface area contributed by atoms with E-state index in [2.05, 4.69) is 4.90 Å². The van der Waals surface area contributed by atoms with Crippen molar-refractivity contribution in [3.05, 3.63) is 0 Å². The molecule has 2 heteroatoms. The fourth-order valence-electron chi connectivity index (χ4n) is 3.98.